The van der Waals surface area contributed by atoms with Crippen LogP contribution in [0.2, 0.25) is 0 Å². The molecular formula is C13H17N. The van der Waals surface area contributed by atoms with Gasteiger partial charge in [-0.25, -0.2) is 0 Å². The molecule has 1 aromatic carbocycles. The van der Waals surface area contributed by atoms with Crippen LogP contribution in [0.5, 0.6) is 0 Å². The first kappa shape index (κ1) is 8.34. The topological polar surface area (TPSA) is 26.0 Å². The van der Waals surface area contributed by atoms with Gasteiger partial charge in [-0.2, -0.15) is 0 Å². The van der Waals surface area contributed by atoms with Crippen LogP contribution in [0.1, 0.15) is 36.0 Å². The summed E-state index contributed by atoms with van der Waals surface area (Å²) in [5.74, 6) is 0.941. The fraction of sp³-hybridized carbons (Fsp3) is 0.538. The summed E-state index contributed by atoms with van der Waals surface area (Å²) in [4.78, 5) is 0. The molecule has 3 rings (SSSR count). The van der Waals surface area contributed by atoms with Crippen molar-refractivity contribution in [2.24, 2.45) is 5.92 Å². The van der Waals surface area contributed by atoms with Gasteiger partial charge in [-0.3, -0.25) is 0 Å². The van der Waals surface area contributed by atoms with Gasteiger partial charge in [0, 0.05) is 5.69 Å². The van der Waals surface area contributed by atoms with Crippen molar-refractivity contribution < 1.29 is 0 Å². The average Bonchev–Trinajstić information content (AvgIpc) is 2.85. The Bertz CT molecular complexity index is 364. The standard InChI is InChI=1S/C13H17N/c14-13-11(8-9-4-5-9)7-6-10-2-1-3-12(10)13/h6-7,9H,1-5,8,14H2. The van der Waals surface area contributed by atoms with Crippen molar-refractivity contribution in [3.8, 4) is 0 Å². The molecule has 0 unspecified atom stereocenters. The normalized spacial score (nSPS) is 19.7. The Morgan fingerprint density at radius 2 is 2.07 bits per heavy atom. The van der Waals surface area contributed by atoms with Gasteiger partial charge in [-0.05, 0) is 61.1 Å². The predicted octanol–water partition coefficient (Wildman–Crippen LogP) is 2.71. The highest BCUT2D eigenvalue weighted by Crippen LogP contribution is 2.37. The highest BCUT2D eigenvalue weighted by atomic mass is 14.6. The highest BCUT2D eigenvalue weighted by molar-refractivity contribution is 5.59. The zero-order chi connectivity index (χ0) is 9.54. The molecule has 1 saturated carbocycles. The summed E-state index contributed by atoms with van der Waals surface area (Å²) in [6.45, 7) is 0. The van der Waals surface area contributed by atoms with E-state index in [4.69, 9.17) is 5.73 Å². The number of hydrogen-bond donors (Lipinski definition) is 1. The third-order valence-corrected chi connectivity index (χ3v) is 3.62. The molecule has 14 heavy (non-hydrogen) atoms. The van der Waals surface area contributed by atoms with Crippen LogP contribution in [0.25, 0.3) is 0 Å². The summed E-state index contributed by atoms with van der Waals surface area (Å²) in [6.07, 6.45) is 7.79. The molecule has 0 spiro atoms. The Morgan fingerprint density at radius 1 is 1.21 bits per heavy atom. The van der Waals surface area contributed by atoms with E-state index < -0.39 is 0 Å². The molecule has 1 nitrogen and oxygen atoms in total. The van der Waals surface area contributed by atoms with Crippen molar-refractivity contribution in [3.05, 3.63) is 28.8 Å². The molecule has 1 fully saturated rings. The Morgan fingerprint density at radius 3 is 2.86 bits per heavy atom. The molecule has 0 radical (unpaired) electrons. The molecule has 0 aromatic heterocycles. The monoisotopic (exact) mass is 187 g/mol. The predicted molar refractivity (Wildman–Crippen MR) is 59.3 cm³/mol. The zero-order valence-electron chi connectivity index (χ0n) is 8.55. The molecule has 0 aliphatic heterocycles. The van der Waals surface area contributed by atoms with Crippen LogP contribution < -0.4 is 5.73 Å². The van der Waals surface area contributed by atoms with Crippen molar-refractivity contribution in [2.75, 3.05) is 5.73 Å². The van der Waals surface area contributed by atoms with Gasteiger partial charge in [-0.1, -0.05) is 12.1 Å². The lowest BCUT2D eigenvalue weighted by molar-refractivity contribution is 0.833. The van der Waals surface area contributed by atoms with E-state index in [0.717, 1.165) is 11.6 Å². The summed E-state index contributed by atoms with van der Waals surface area (Å²) in [7, 11) is 0. The van der Waals surface area contributed by atoms with Gasteiger partial charge < -0.3 is 5.73 Å². The van der Waals surface area contributed by atoms with Gasteiger partial charge in [0.2, 0.25) is 0 Å². The van der Waals surface area contributed by atoms with Gasteiger partial charge in [0.05, 0.1) is 0 Å². The molecule has 0 amide bonds. The number of nitrogen functional groups attached to an aromatic ring is 1. The molecule has 2 aliphatic rings. The van der Waals surface area contributed by atoms with Gasteiger partial charge >= 0.3 is 0 Å². The minimum absolute atomic E-state index is 0.941. The lowest BCUT2D eigenvalue weighted by Crippen LogP contribution is -2.00. The van der Waals surface area contributed by atoms with Crippen LogP contribution in [0, 0.1) is 5.92 Å². The lowest BCUT2D eigenvalue weighted by Gasteiger charge is -2.09. The van der Waals surface area contributed by atoms with Gasteiger partial charge in [0.25, 0.3) is 0 Å². The summed E-state index contributed by atoms with van der Waals surface area (Å²) < 4.78 is 0. The third-order valence-electron chi connectivity index (χ3n) is 3.62. The third kappa shape index (κ3) is 1.31. The Balaban J connectivity index is 1.96. The first-order valence-electron chi connectivity index (χ1n) is 5.73. The fourth-order valence-corrected chi connectivity index (χ4v) is 2.55. The van der Waals surface area contributed by atoms with Crippen molar-refractivity contribution in [1.82, 2.24) is 0 Å². The molecule has 0 atom stereocenters. The first-order valence-corrected chi connectivity index (χ1v) is 5.73. The number of rotatable bonds is 2. The van der Waals surface area contributed by atoms with E-state index >= 15 is 0 Å². The van der Waals surface area contributed by atoms with E-state index in [1.165, 1.54) is 55.2 Å². The number of fused-ring (bicyclic) bond motifs is 1. The van der Waals surface area contributed by atoms with Crippen LogP contribution in [0.4, 0.5) is 5.69 Å². The minimum Gasteiger partial charge on any atom is -0.398 e. The molecule has 2 N–H and O–H groups in total. The molecule has 74 valence electrons. The molecule has 0 bridgehead atoms. The van der Waals surface area contributed by atoms with Crippen molar-refractivity contribution in [1.29, 1.82) is 0 Å². The zero-order valence-corrected chi connectivity index (χ0v) is 8.55. The summed E-state index contributed by atoms with van der Waals surface area (Å²) in [6, 6.07) is 4.56. The largest absolute Gasteiger partial charge is 0.398 e. The summed E-state index contributed by atoms with van der Waals surface area (Å²) in [5, 5.41) is 0. The van der Waals surface area contributed by atoms with E-state index in [9.17, 15) is 0 Å². The molecule has 1 aromatic rings. The van der Waals surface area contributed by atoms with Crippen LogP contribution >= 0.6 is 0 Å². The van der Waals surface area contributed by atoms with Gasteiger partial charge in [0.15, 0.2) is 0 Å². The average molecular weight is 187 g/mol. The SMILES string of the molecule is Nc1c(CC2CC2)ccc2c1CCC2. The molecule has 1 heteroatoms. The minimum atomic E-state index is 0.941. The van der Waals surface area contributed by atoms with E-state index in [2.05, 4.69) is 12.1 Å². The molecule has 0 saturated heterocycles. The smallest absolute Gasteiger partial charge is 0.0382 e. The van der Waals surface area contributed by atoms with Crippen molar-refractivity contribution in [2.45, 2.75) is 38.5 Å². The summed E-state index contributed by atoms with van der Waals surface area (Å²) in [5.41, 5.74) is 11.7. The number of hydrogen-bond acceptors (Lipinski definition) is 1. The van der Waals surface area contributed by atoms with Crippen LogP contribution in [0.3, 0.4) is 0 Å². The van der Waals surface area contributed by atoms with Crippen LogP contribution in [-0.2, 0) is 19.3 Å². The highest BCUT2D eigenvalue weighted by Gasteiger charge is 2.24. The second-order valence-electron chi connectivity index (χ2n) is 4.78. The van der Waals surface area contributed by atoms with Crippen LogP contribution in [0.15, 0.2) is 12.1 Å². The Hall–Kier alpha value is -0.980. The van der Waals surface area contributed by atoms with Crippen LogP contribution in [-0.4, -0.2) is 0 Å². The van der Waals surface area contributed by atoms with Gasteiger partial charge in [-0.15, -0.1) is 0 Å². The van der Waals surface area contributed by atoms with E-state index in [1.54, 1.807) is 0 Å². The lowest BCUT2D eigenvalue weighted by atomic mass is 9.99. The van der Waals surface area contributed by atoms with Crippen molar-refractivity contribution >= 4 is 5.69 Å². The second-order valence-corrected chi connectivity index (χ2v) is 4.78. The number of aryl methyl sites for hydroxylation is 1. The Kier molecular flexibility index (Phi) is 1.79. The summed E-state index contributed by atoms with van der Waals surface area (Å²) >= 11 is 0. The number of nitrogens with two attached hydrogens (primary N) is 1. The Labute approximate surface area is 85.3 Å². The maximum atomic E-state index is 6.21. The first-order chi connectivity index (χ1) is 6.84. The fourth-order valence-electron chi connectivity index (χ4n) is 2.55. The number of benzene rings is 1. The molecule has 0 heterocycles. The van der Waals surface area contributed by atoms with E-state index in [1.807, 2.05) is 0 Å². The maximum absolute atomic E-state index is 6.21. The number of anilines is 1. The van der Waals surface area contributed by atoms with E-state index in [-0.39, 0.29) is 0 Å². The van der Waals surface area contributed by atoms with E-state index in [0.29, 0.717) is 0 Å². The second kappa shape index (κ2) is 3.01. The quantitative estimate of drug-likeness (QED) is 0.708. The maximum Gasteiger partial charge on any atom is 0.0382 e. The van der Waals surface area contributed by atoms with Gasteiger partial charge in [0.1, 0.15) is 0 Å². The molecule has 2 aliphatic carbocycles. The van der Waals surface area contributed by atoms with Crippen molar-refractivity contribution in [3.63, 3.8) is 0 Å². The molecular weight excluding hydrogens is 170 g/mol.